The van der Waals surface area contributed by atoms with Crippen molar-refractivity contribution in [3.05, 3.63) is 0 Å². The fourth-order valence-electron chi connectivity index (χ4n) is 2.08. The summed E-state index contributed by atoms with van der Waals surface area (Å²) in [5, 5.41) is 2.95. The quantitative estimate of drug-likeness (QED) is 0.762. The lowest BCUT2D eigenvalue weighted by Crippen LogP contribution is -2.42. The minimum Gasteiger partial charge on any atom is -0.378 e. The first kappa shape index (κ1) is 14.5. The molecule has 0 radical (unpaired) electrons. The molecule has 0 aromatic rings. The van der Waals surface area contributed by atoms with Crippen LogP contribution in [-0.4, -0.2) is 49.7 Å². The number of piperidine rings is 1. The smallest absolute Gasteiger partial charge is 0.222 e. The van der Waals surface area contributed by atoms with Crippen LogP contribution in [0.2, 0.25) is 0 Å². The Kier molecular flexibility index (Phi) is 6.52. The molecule has 0 saturated carbocycles. The standard InChI is InChI=1S/C13H26N2O2/c1-4-17-12-5-8-15(9-6-12)10-7-14-13(16)11(2)3/h11-12H,4-10H2,1-3H3,(H,14,16). The number of hydrogen-bond acceptors (Lipinski definition) is 3. The van der Waals surface area contributed by atoms with Crippen LogP contribution in [0.4, 0.5) is 0 Å². The van der Waals surface area contributed by atoms with Gasteiger partial charge in [0.2, 0.25) is 5.91 Å². The molecule has 4 nitrogen and oxygen atoms in total. The van der Waals surface area contributed by atoms with Crippen molar-refractivity contribution in [3.63, 3.8) is 0 Å². The number of amides is 1. The highest BCUT2D eigenvalue weighted by Gasteiger charge is 2.18. The second-order valence-corrected chi connectivity index (χ2v) is 4.94. The number of carbonyl (C=O) groups is 1. The molecule has 100 valence electrons. The summed E-state index contributed by atoms with van der Waals surface area (Å²) in [6.07, 6.45) is 2.68. The van der Waals surface area contributed by atoms with Gasteiger partial charge in [0, 0.05) is 38.7 Å². The van der Waals surface area contributed by atoms with E-state index < -0.39 is 0 Å². The van der Waals surface area contributed by atoms with Crippen LogP contribution < -0.4 is 5.32 Å². The van der Waals surface area contributed by atoms with Crippen molar-refractivity contribution in [2.45, 2.75) is 39.7 Å². The average molecular weight is 242 g/mol. The fraction of sp³-hybridized carbons (Fsp3) is 0.923. The van der Waals surface area contributed by atoms with Gasteiger partial charge in [-0.1, -0.05) is 13.8 Å². The highest BCUT2D eigenvalue weighted by Crippen LogP contribution is 2.12. The van der Waals surface area contributed by atoms with Gasteiger partial charge < -0.3 is 15.0 Å². The molecule has 0 spiro atoms. The normalized spacial score (nSPS) is 18.6. The summed E-state index contributed by atoms with van der Waals surface area (Å²) in [4.78, 5) is 13.8. The maximum Gasteiger partial charge on any atom is 0.222 e. The Morgan fingerprint density at radius 3 is 2.59 bits per heavy atom. The summed E-state index contributed by atoms with van der Waals surface area (Å²) in [5.74, 6) is 0.230. The van der Waals surface area contributed by atoms with E-state index in [9.17, 15) is 4.79 Å². The third-order valence-electron chi connectivity index (χ3n) is 3.19. The summed E-state index contributed by atoms with van der Waals surface area (Å²) >= 11 is 0. The third-order valence-corrected chi connectivity index (χ3v) is 3.19. The van der Waals surface area contributed by atoms with Gasteiger partial charge in [0.15, 0.2) is 0 Å². The number of nitrogens with one attached hydrogen (secondary N) is 1. The van der Waals surface area contributed by atoms with Gasteiger partial charge in [0.05, 0.1) is 6.10 Å². The summed E-state index contributed by atoms with van der Waals surface area (Å²) in [5.41, 5.74) is 0. The summed E-state index contributed by atoms with van der Waals surface area (Å²) in [6, 6.07) is 0. The van der Waals surface area contributed by atoms with Crippen molar-refractivity contribution in [3.8, 4) is 0 Å². The van der Waals surface area contributed by atoms with Crippen LogP contribution >= 0.6 is 0 Å². The van der Waals surface area contributed by atoms with Crippen LogP contribution in [0.15, 0.2) is 0 Å². The molecule has 1 heterocycles. The molecule has 0 aromatic heterocycles. The summed E-state index contributed by atoms with van der Waals surface area (Å²) < 4.78 is 5.61. The molecular weight excluding hydrogens is 216 g/mol. The fourth-order valence-corrected chi connectivity index (χ4v) is 2.08. The predicted molar refractivity (Wildman–Crippen MR) is 68.9 cm³/mol. The molecule has 1 rings (SSSR count). The van der Waals surface area contributed by atoms with E-state index in [1.54, 1.807) is 0 Å². The average Bonchev–Trinajstić information content (AvgIpc) is 2.31. The van der Waals surface area contributed by atoms with Crippen LogP contribution in [-0.2, 0) is 9.53 Å². The Morgan fingerprint density at radius 2 is 2.06 bits per heavy atom. The topological polar surface area (TPSA) is 41.6 Å². The molecule has 0 aromatic carbocycles. The van der Waals surface area contributed by atoms with E-state index in [1.165, 1.54) is 0 Å². The molecule has 0 unspecified atom stereocenters. The SMILES string of the molecule is CCOC1CCN(CCNC(=O)C(C)C)CC1. The lowest BCUT2D eigenvalue weighted by molar-refractivity contribution is -0.124. The number of likely N-dealkylation sites (tertiary alicyclic amines) is 1. The van der Waals surface area contributed by atoms with Crippen molar-refractivity contribution in [1.82, 2.24) is 10.2 Å². The lowest BCUT2D eigenvalue weighted by Gasteiger charge is -2.31. The Balaban J connectivity index is 2.08. The Bertz CT molecular complexity index is 223. The first-order valence-electron chi connectivity index (χ1n) is 6.75. The Labute approximate surface area is 105 Å². The minimum atomic E-state index is 0.0821. The maximum atomic E-state index is 11.4. The molecular formula is C13H26N2O2. The second kappa shape index (κ2) is 7.67. The van der Waals surface area contributed by atoms with Crippen molar-refractivity contribution in [2.24, 2.45) is 5.92 Å². The molecule has 1 fully saturated rings. The van der Waals surface area contributed by atoms with Crippen molar-refractivity contribution in [1.29, 1.82) is 0 Å². The van der Waals surface area contributed by atoms with Crippen LogP contribution in [0.3, 0.4) is 0 Å². The Hall–Kier alpha value is -0.610. The van der Waals surface area contributed by atoms with Gasteiger partial charge in [-0.05, 0) is 19.8 Å². The van der Waals surface area contributed by atoms with Gasteiger partial charge >= 0.3 is 0 Å². The van der Waals surface area contributed by atoms with Crippen LogP contribution in [0.25, 0.3) is 0 Å². The zero-order chi connectivity index (χ0) is 12.7. The van der Waals surface area contributed by atoms with Crippen LogP contribution in [0, 0.1) is 5.92 Å². The van der Waals surface area contributed by atoms with Crippen LogP contribution in [0.1, 0.15) is 33.6 Å². The minimum absolute atomic E-state index is 0.0821. The number of carbonyl (C=O) groups excluding carboxylic acids is 1. The molecule has 1 aliphatic rings. The summed E-state index contributed by atoms with van der Waals surface area (Å²) in [6.45, 7) is 10.6. The first-order chi connectivity index (χ1) is 8.13. The molecule has 17 heavy (non-hydrogen) atoms. The first-order valence-corrected chi connectivity index (χ1v) is 6.75. The van der Waals surface area contributed by atoms with Gasteiger partial charge in [-0.2, -0.15) is 0 Å². The zero-order valence-electron chi connectivity index (χ0n) is 11.4. The van der Waals surface area contributed by atoms with E-state index in [0.717, 1.165) is 45.6 Å². The van der Waals surface area contributed by atoms with Gasteiger partial charge in [0.1, 0.15) is 0 Å². The van der Waals surface area contributed by atoms with E-state index in [-0.39, 0.29) is 11.8 Å². The third kappa shape index (κ3) is 5.50. The molecule has 1 aliphatic heterocycles. The van der Waals surface area contributed by atoms with E-state index in [0.29, 0.717) is 6.10 Å². The van der Waals surface area contributed by atoms with E-state index in [4.69, 9.17) is 4.74 Å². The van der Waals surface area contributed by atoms with E-state index >= 15 is 0 Å². The van der Waals surface area contributed by atoms with Crippen molar-refractivity contribution < 1.29 is 9.53 Å². The second-order valence-electron chi connectivity index (χ2n) is 4.94. The largest absolute Gasteiger partial charge is 0.378 e. The van der Waals surface area contributed by atoms with E-state index in [1.807, 2.05) is 20.8 Å². The molecule has 0 aliphatic carbocycles. The van der Waals surface area contributed by atoms with Gasteiger partial charge in [-0.3, -0.25) is 4.79 Å². The van der Waals surface area contributed by atoms with Gasteiger partial charge in [0.25, 0.3) is 0 Å². The molecule has 1 N–H and O–H groups in total. The molecule has 0 bridgehead atoms. The maximum absolute atomic E-state index is 11.4. The highest BCUT2D eigenvalue weighted by molar-refractivity contribution is 5.77. The monoisotopic (exact) mass is 242 g/mol. The number of nitrogens with zero attached hydrogens (tertiary/aromatic N) is 1. The van der Waals surface area contributed by atoms with Crippen molar-refractivity contribution in [2.75, 3.05) is 32.8 Å². The van der Waals surface area contributed by atoms with E-state index in [2.05, 4.69) is 10.2 Å². The number of hydrogen-bond donors (Lipinski definition) is 1. The molecule has 4 heteroatoms. The number of ether oxygens (including phenoxy) is 1. The highest BCUT2D eigenvalue weighted by atomic mass is 16.5. The Morgan fingerprint density at radius 1 is 1.41 bits per heavy atom. The lowest BCUT2D eigenvalue weighted by atomic mass is 10.1. The predicted octanol–water partition coefficient (Wildman–Crippen LogP) is 1.26. The van der Waals surface area contributed by atoms with Crippen LogP contribution in [0.5, 0.6) is 0 Å². The summed E-state index contributed by atoms with van der Waals surface area (Å²) in [7, 11) is 0. The zero-order valence-corrected chi connectivity index (χ0v) is 11.4. The molecule has 1 amide bonds. The van der Waals surface area contributed by atoms with Gasteiger partial charge in [-0.25, -0.2) is 0 Å². The number of rotatable bonds is 6. The molecule has 0 atom stereocenters. The van der Waals surface area contributed by atoms with Crippen molar-refractivity contribution >= 4 is 5.91 Å². The van der Waals surface area contributed by atoms with Gasteiger partial charge in [-0.15, -0.1) is 0 Å². The molecule has 1 saturated heterocycles.